The Kier molecular flexibility index (Phi) is 3.63. The first-order chi connectivity index (χ1) is 13.0. The fraction of sp³-hybridized carbons (Fsp3) is 0.250. The molecule has 1 aromatic heterocycles. The number of aryl methyl sites for hydroxylation is 1. The number of H-pyrrole nitrogens is 1. The van der Waals surface area contributed by atoms with Crippen molar-refractivity contribution in [2.24, 2.45) is 0 Å². The van der Waals surface area contributed by atoms with Gasteiger partial charge >= 0.3 is 0 Å². The van der Waals surface area contributed by atoms with Gasteiger partial charge in [0.15, 0.2) is 0 Å². The van der Waals surface area contributed by atoms with E-state index in [1.54, 1.807) is 18.2 Å². The largest absolute Gasteiger partial charge is 0.358 e. The number of nitrogens with one attached hydrogen (secondary N) is 3. The van der Waals surface area contributed by atoms with Gasteiger partial charge < -0.3 is 10.3 Å². The van der Waals surface area contributed by atoms with Gasteiger partial charge in [-0.15, -0.1) is 0 Å². The number of para-hydroxylation sites is 1. The van der Waals surface area contributed by atoms with Crippen molar-refractivity contribution in [3.63, 3.8) is 0 Å². The lowest BCUT2D eigenvalue weighted by Crippen LogP contribution is -2.38. The van der Waals surface area contributed by atoms with Gasteiger partial charge in [0.1, 0.15) is 0 Å². The highest BCUT2D eigenvalue weighted by atomic mass is 32.2. The van der Waals surface area contributed by atoms with Crippen LogP contribution in [0.4, 0.5) is 5.69 Å². The smallest absolute Gasteiger partial charge is 0.240 e. The fourth-order valence-corrected chi connectivity index (χ4v) is 5.45. The molecule has 2 heterocycles. The maximum Gasteiger partial charge on any atom is 0.240 e. The molecule has 138 valence electrons. The van der Waals surface area contributed by atoms with Crippen LogP contribution in [0.1, 0.15) is 23.2 Å². The van der Waals surface area contributed by atoms with Crippen molar-refractivity contribution in [3.8, 4) is 0 Å². The first-order valence-electron chi connectivity index (χ1n) is 9.03. The summed E-state index contributed by atoms with van der Waals surface area (Å²) < 4.78 is 28.6. The zero-order valence-corrected chi connectivity index (χ0v) is 15.4. The molecule has 2 aromatic carbocycles. The third-order valence-electron chi connectivity index (χ3n) is 5.43. The molecule has 0 spiro atoms. The van der Waals surface area contributed by atoms with Crippen LogP contribution in [0.3, 0.4) is 0 Å². The van der Waals surface area contributed by atoms with Crippen molar-refractivity contribution in [2.45, 2.75) is 36.6 Å². The monoisotopic (exact) mass is 381 g/mol. The van der Waals surface area contributed by atoms with E-state index < -0.39 is 10.0 Å². The van der Waals surface area contributed by atoms with Gasteiger partial charge in [0.2, 0.25) is 15.9 Å². The molecule has 5 rings (SSSR count). The number of fused-ring (bicyclic) bond motifs is 4. The van der Waals surface area contributed by atoms with E-state index in [-0.39, 0.29) is 23.3 Å². The molecule has 0 radical (unpaired) electrons. The highest BCUT2D eigenvalue weighted by Crippen LogP contribution is 2.30. The second kappa shape index (κ2) is 5.94. The molecule has 3 aromatic rings. The lowest BCUT2D eigenvalue weighted by Gasteiger charge is -2.23. The summed E-state index contributed by atoms with van der Waals surface area (Å²) in [6.45, 7) is 0. The Balaban J connectivity index is 1.41. The minimum Gasteiger partial charge on any atom is -0.358 e. The number of hydrogen-bond acceptors (Lipinski definition) is 3. The second-order valence-corrected chi connectivity index (χ2v) is 8.95. The van der Waals surface area contributed by atoms with Crippen molar-refractivity contribution in [2.75, 3.05) is 5.32 Å². The number of benzene rings is 2. The van der Waals surface area contributed by atoms with Crippen LogP contribution < -0.4 is 10.0 Å². The molecule has 7 heteroatoms. The van der Waals surface area contributed by atoms with E-state index >= 15 is 0 Å². The Bertz CT molecular complexity index is 1180. The van der Waals surface area contributed by atoms with E-state index in [9.17, 15) is 13.2 Å². The molecule has 1 aliphatic heterocycles. The van der Waals surface area contributed by atoms with E-state index in [1.165, 1.54) is 16.6 Å². The Morgan fingerprint density at radius 1 is 1.11 bits per heavy atom. The minimum absolute atomic E-state index is 0.105. The van der Waals surface area contributed by atoms with Crippen molar-refractivity contribution in [1.82, 2.24) is 9.71 Å². The van der Waals surface area contributed by atoms with E-state index in [0.29, 0.717) is 12.1 Å². The molecule has 2 aliphatic rings. The number of aromatic amines is 1. The van der Waals surface area contributed by atoms with Crippen LogP contribution in [0.5, 0.6) is 0 Å². The Labute approximate surface area is 157 Å². The van der Waals surface area contributed by atoms with Crippen molar-refractivity contribution in [3.05, 3.63) is 59.3 Å². The number of amides is 1. The van der Waals surface area contributed by atoms with Crippen LogP contribution >= 0.6 is 0 Å². The van der Waals surface area contributed by atoms with Gasteiger partial charge in [-0.3, -0.25) is 4.79 Å². The van der Waals surface area contributed by atoms with Gasteiger partial charge in [-0.1, -0.05) is 18.2 Å². The van der Waals surface area contributed by atoms with E-state index in [4.69, 9.17) is 0 Å². The topological polar surface area (TPSA) is 91.1 Å². The number of carbonyl (C=O) groups excluding carboxylic acids is 1. The highest BCUT2D eigenvalue weighted by Gasteiger charge is 2.28. The maximum absolute atomic E-state index is 12.9. The fourth-order valence-electron chi connectivity index (χ4n) is 4.13. The third kappa shape index (κ3) is 2.83. The summed E-state index contributed by atoms with van der Waals surface area (Å²) in [6, 6.07) is 12.8. The zero-order valence-electron chi connectivity index (χ0n) is 14.6. The number of sulfonamides is 1. The highest BCUT2D eigenvalue weighted by molar-refractivity contribution is 7.89. The molecule has 0 saturated heterocycles. The van der Waals surface area contributed by atoms with E-state index in [0.717, 1.165) is 23.9 Å². The number of aromatic nitrogens is 1. The van der Waals surface area contributed by atoms with Crippen LogP contribution in [0.25, 0.3) is 10.9 Å². The first-order valence-corrected chi connectivity index (χ1v) is 10.5. The van der Waals surface area contributed by atoms with Crippen LogP contribution in [-0.2, 0) is 34.1 Å². The molecule has 3 N–H and O–H groups in total. The number of rotatable bonds is 3. The Morgan fingerprint density at radius 2 is 1.96 bits per heavy atom. The van der Waals surface area contributed by atoms with Crippen LogP contribution in [-0.4, -0.2) is 25.4 Å². The average molecular weight is 381 g/mol. The third-order valence-corrected chi connectivity index (χ3v) is 6.95. The van der Waals surface area contributed by atoms with Gasteiger partial charge in [0, 0.05) is 28.3 Å². The number of anilines is 1. The number of carbonyl (C=O) groups is 1. The SMILES string of the molecule is O=C1Cc2cc(S(=O)(=O)NC3CCc4[nH]c5ccccc5c4C3)ccc2N1. The molecule has 1 unspecified atom stereocenters. The van der Waals surface area contributed by atoms with Crippen LogP contribution in [0.15, 0.2) is 47.4 Å². The molecule has 1 amide bonds. The molecule has 1 aliphatic carbocycles. The van der Waals surface area contributed by atoms with Gasteiger partial charge in [0.25, 0.3) is 0 Å². The van der Waals surface area contributed by atoms with E-state index in [1.807, 2.05) is 18.2 Å². The molecular weight excluding hydrogens is 362 g/mol. The summed E-state index contributed by atoms with van der Waals surface area (Å²) in [4.78, 5) is 15.2. The second-order valence-electron chi connectivity index (χ2n) is 7.23. The average Bonchev–Trinajstić information content (AvgIpc) is 3.19. The molecular formula is C20H19N3O3S. The normalized spacial score (nSPS) is 19.0. The quantitative estimate of drug-likeness (QED) is 0.651. The molecule has 0 saturated carbocycles. The van der Waals surface area contributed by atoms with Crippen molar-refractivity contribution in [1.29, 1.82) is 0 Å². The standard InChI is InChI=1S/C20H19N3O3S/c24-20-10-12-9-14(6-8-17(12)22-20)27(25,26)23-13-5-7-19-16(11-13)15-3-1-2-4-18(15)21-19/h1-4,6,8-9,13,21,23H,5,7,10-11H2,(H,22,24). The predicted molar refractivity (Wildman–Crippen MR) is 103 cm³/mol. The van der Waals surface area contributed by atoms with E-state index in [2.05, 4.69) is 21.1 Å². The van der Waals surface area contributed by atoms with Crippen molar-refractivity contribution >= 4 is 32.5 Å². The lowest BCUT2D eigenvalue weighted by atomic mass is 9.92. The Morgan fingerprint density at radius 3 is 2.85 bits per heavy atom. The first kappa shape index (κ1) is 16.5. The molecule has 0 fully saturated rings. The van der Waals surface area contributed by atoms with Gasteiger partial charge in [-0.05, 0) is 54.7 Å². The van der Waals surface area contributed by atoms with Crippen LogP contribution in [0, 0.1) is 0 Å². The lowest BCUT2D eigenvalue weighted by molar-refractivity contribution is -0.115. The summed E-state index contributed by atoms with van der Waals surface area (Å²) in [5.41, 5.74) is 4.93. The predicted octanol–water partition coefficient (Wildman–Crippen LogP) is 2.50. The molecule has 0 bridgehead atoms. The maximum atomic E-state index is 12.9. The zero-order chi connectivity index (χ0) is 18.6. The number of hydrogen-bond donors (Lipinski definition) is 3. The van der Waals surface area contributed by atoms with Crippen LogP contribution in [0.2, 0.25) is 0 Å². The Hall–Kier alpha value is -2.64. The van der Waals surface area contributed by atoms with Gasteiger partial charge in [0.05, 0.1) is 11.3 Å². The summed E-state index contributed by atoms with van der Waals surface area (Å²) in [6.07, 6.45) is 2.47. The van der Waals surface area contributed by atoms with Crippen molar-refractivity contribution < 1.29 is 13.2 Å². The molecule has 1 atom stereocenters. The summed E-state index contributed by atoms with van der Waals surface area (Å²) in [5, 5.41) is 3.89. The van der Waals surface area contributed by atoms with Gasteiger partial charge in [-0.25, -0.2) is 13.1 Å². The summed E-state index contributed by atoms with van der Waals surface area (Å²) in [7, 11) is -3.64. The summed E-state index contributed by atoms with van der Waals surface area (Å²) in [5.74, 6) is -0.105. The molecule has 6 nitrogen and oxygen atoms in total. The summed E-state index contributed by atoms with van der Waals surface area (Å²) >= 11 is 0. The molecule has 27 heavy (non-hydrogen) atoms. The van der Waals surface area contributed by atoms with Gasteiger partial charge in [-0.2, -0.15) is 0 Å². The minimum atomic E-state index is -3.64.